The summed E-state index contributed by atoms with van der Waals surface area (Å²) in [5.41, 5.74) is 2.97. The molecular formula is C21H25N7O2S. The van der Waals surface area contributed by atoms with Crippen molar-refractivity contribution in [1.29, 1.82) is 0 Å². The monoisotopic (exact) mass is 439 g/mol. The van der Waals surface area contributed by atoms with Gasteiger partial charge in [-0.3, -0.25) is 4.68 Å². The van der Waals surface area contributed by atoms with E-state index < -0.39 is 10.0 Å². The van der Waals surface area contributed by atoms with E-state index in [9.17, 15) is 8.42 Å². The van der Waals surface area contributed by atoms with Crippen LogP contribution in [0.4, 0.5) is 23.1 Å². The molecule has 0 spiro atoms. The predicted molar refractivity (Wildman–Crippen MR) is 122 cm³/mol. The fourth-order valence-corrected chi connectivity index (χ4v) is 3.62. The van der Waals surface area contributed by atoms with Crippen molar-refractivity contribution in [2.45, 2.75) is 18.7 Å². The van der Waals surface area contributed by atoms with Crippen molar-refractivity contribution >= 4 is 33.2 Å². The van der Waals surface area contributed by atoms with E-state index in [1.807, 2.05) is 50.2 Å². The summed E-state index contributed by atoms with van der Waals surface area (Å²) in [7, 11) is -0.0557. The molecule has 2 aromatic heterocycles. The molecule has 0 saturated heterocycles. The summed E-state index contributed by atoms with van der Waals surface area (Å²) in [4.78, 5) is 10.7. The van der Waals surface area contributed by atoms with Crippen LogP contribution in [0.15, 0.2) is 65.8 Å². The van der Waals surface area contributed by atoms with Crippen molar-refractivity contribution in [2.24, 2.45) is 12.2 Å². The molecule has 0 unspecified atom stereocenters. The molecule has 2 heterocycles. The van der Waals surface area contributed by atoms with Crippen LogP contribution in [0.1, 0.15) is 11.3 Å². The zero-order valence-corrected chi connectivity index (χ0v) is 18.6. The summed E-state index contributed by atoms with van der Waals surface area (Å²) in [6, 6.07) is 14.4. The summed E-state index contributed by atoms with van der Waals surface area (Å²) < 4.78 is 25.3. The second-order valence-corrected chi connectivity index (χ2v) is 8.52. The van der Waals surface area contributed by atoms with Crippen LogP contribution < -0.4 is 15.4 Å². The summed E-state index contributed by atoms with van der Waals surface area (Å²) in [6.45, 7) is 3.66. The summed E-state index contributed by atoms with van der Waals surface area (Å²) >= 11 is 0. The summed E-state index contributed by atoms with van der Waals surface area (Å²) in [6.07, 6.45) is 3.35. The van der Waals surface area contributed by atoms with E-state index in [1.165, 1.54) is 6.07 Å². The van der Waals surface area contributed by atoms with Crippen LogP contribution >= 0.6 is 0 Å². The highest BCUT2D eigenvalue weighted by atomic mass is 32.2. The molecule has 0 bridgehead atoms. The summed E-state index contributed by atoms with van der Waals surface area (Å²) in [5.74, 6) is 0.972. The average molecular weight is 440 g/mol. The van der Waals surface area contributed by atoms with Gasteiger partial charge in [0.2, 0.25) is 16.0 Å². The molecule has 0 radical (unpaired) electrons. The van der Waals surface area contributed by atoms with Crippen molar-refractivity contribution in [1.82, 2.24) is 19.7 Å². The average Bonchev–Trinajstić information content (AvgIpc) is 2.80. The van der Waals surface area contributed by atoms with Gasteiger partial charge in [0, 0.05) is 43.6 Å². The van der Waals surface area contributed by atoms with Crippen LogP contribution in [0.25, 0.3) is 0 Å². The number of nitrogens with two attached hydrogens (primary N) is 1. The lowest BCUT2D eigenvalue weighted by molar-refractivity contribution is 0.597. The van der Waals surface area contributed by atoms with Gasteiger partial charge in [0.15, 0.2) is 0 Å². The van der Waals surface area contributed by atoms with Gasteiger partial charge in [-0.05, 0) is 55.8 Å². The van der Waals surface area contributed by atoms with E-state index in [0.29, 0.717) is 23.0 Å². The topological polar surface area (TPSA) is 119 Å². The molecule has 0 saturated carbocycles. The first-order chi connectivity index (χ1) is 14.6. The van der Waals surface area contributed by atoms with Crippen LogP contribution in [0.5, 0.6) is 0 Å². The number of anilines is 4. The number of hydrogen-bond donors (Lipinski definition) is 2. The highest BCUT2D eigenvalue weighted by Crippen LogP contribution is 2.24. The Labute approximate surface area is 182 Å². The quantitative estimate of drug-likeness (QED) is 0.627. The Bertz CT molecular complexity index is 1220. The number of aryl methyl sites for hydroxylation is 3. The molecular weight excluding hydrogens is 414 g/mol. The third-order valence-electron chi connectivity index (χ3n) is 4.72. The first-order valence-corrected chi connectivity index (χ1v) is 11.0. The lowest BCUT2D eigenvalue weighted by Crippen LogP contribution is -2.14. The Morgan fingerprint density at radius 1 is 1.06 bits per heavy atom. The Morgan fingerprint density at radius 3 is 2.58 bits per heavy atom. The van der Waals surface area contributed by atoms with Gasteiger partial charge in [0.1, 0.15) is 5.82 Å². The van der Waals surface area contributed by atoms with Gasteiger partial charge in [-0.15, -0.1) is 0 Å². The lowest BCUT2D eigenvalue weighted by atomic mass is 10.2. The molecule has 9 nitrogen and oxygen atoms in total. The lowest BCUT2D eigenvalue weighted by Gasteiger charge is -2.18. The predicted octanol–water partition coefficient (Wildman–Crippen LogP) is 3.11. The number of hydrogen-bond acceptors (Lipinski definition) is 7. The Hall–Kier alpha value is -3.50. The van der Waals surface area contributed by atoms with E-state index in [4.69, 9.17) is 5.14 Å². The van der Waals surface area contributed by atoms with Gasteiger partial charge < -0.3 is 10.2 Å². The van der Waals surface area contributed by atoms with Gasteiger partial charge >= 0.3 is 0 Å². The van der Waals surface area contributed by atoms with Gasteiger partial charge in [-0.25, -0.2) is 18.5 Å². The van der Waals surface area contributed by atoms with Crippen molar-refractivity contribution in [3.8, 4) is 0 Å². The standard InChI is InChI=1S/C21H25N7O2S/c1-15-8-9-17(14-19(15)31(22,29)30)25-21-23-12-11-20(26-21)27(3)18-7-5-6-16(2)28(4)24-13-10-18/h5-14H,1-4H3,(H2,22,29,30)(H,23,25,26). The minimum atomic E-state index is -3.83. The number of aromatic nitrogens is 4. The zero-order chi connectivity index (χ0) is 22.6. The molecule has 3 aromatic rings. The molecule has 1 aromatic carbocycles. The molecule has 0 fully saturated rings. The maximum Gasteiger partial charge on any atom is 0.238 e. The molecule has 0 aliphatic rings. The van der Waals surface area contributed by atoms with Crippen LogP contribution in [0.2, 0.25) is 0 Å². The second-order valence-electron chi connectivity index (χ2n) is 6.99. The number of benzene rings is 1. The zero-order valence-electron chi connectivity index (χ0n) is 17.8. The van der Waals surface area contributed by atoms with Gasteiger partial charge in [0.25, 0.3) is 0 Å². The maximum absolute atomic E-state index is 11.8. The minimum Gasteiger partial charge on any atom is -0.329 e. The third kappa shape index (κ3) is 5.56. The van der Waals surface area contributed by atoms with E-state index in [0.717, 1.165) is 11.4 Å². The number of nitrogens with zero attached hydrogens (tertiary/aromatic N) is 5. The first-order valence-electron chi connectivity index (χ1n) is 9.45. The van der Waals surface area contributed by atoms with Crippen LogP contribution in [-0.2, 0) is 17.1 Å². The molecule has 0 aliphatic carbocycles. The highest BCUT2D eigenvalue weighted by Gasteiger charge is 2.13. The van der Waals surface area contributed by atoms with Crippen LogP contribution in [0, 0.1) is 13.8 Å². The number of rotatable bonds is 5. The fraction of sp³-hybridized carbons (Fsp3) is 0.190. The molecule has 10 heteroatoms. The van der Waals surface area contributed by atoms with E-state index >= 15 is 0 Å². The fourth-order valence-electron chi connectivity index (χ4n) is 2.82. The van der Waals surface area contributed by atoms with Crippen molar-refractivity contribution in [3.63, 3.8) is 0 Å². The van der Waals surface area contributed by atoms with Crippen LogP contribution in [-0.4, -0.2) is 35.2 Å². The molecule has 3 N–H and O–H groups in total. The molecule has 0 amide bonds. The van der Waals surface area contributed by atoms with Gasteiger partial charge in [-0.1, -0.05) is 12.1 Å². The van der Waals surface area contributed by atoms with Gasteiger partial charge in [0.05, 0.1) is 4.90 Å². The molecule has 31 heavy (non-hydrogen) atoms. The smallest absolute Gasteiger partial charge is 0.238 e. The second kappa shape index (κ2) is 9.11. The van der Waals surface area contributed by atoms with Crippen molar-refractivity contribution in [2.75, 3.05) is 17.3 Å². The Morgan fingerprint density at radius 2 is 1.84 bits per heavy atom. The van der Waals surface area contributed by atoms with Gasteiger partial charge in [-0.2, -0.15) is 10.1 Å². The first kappa shape index (κ1) is 22.2. The van der Waals surface area contributed by atoms with Crippen molar-refractivity contribution in [3.05, 3.63) is 72.2 Å². The molecule has 162 valence electrons. The maximum atomic E-state index is 11.8. The number of sulfonamides is 1. The normalized spacial score (nSPS) is 11.0. The summed E-state index contributed by atoms with van der Waals surface area (Å²) in [5, 5.41) is 12.7. The minimum absolute atomic E-state index is 0.0549. The molecule has 3 rings (SSSR count). The SMILES string of the molecule is Cc1ccc(Nc2nccc(N(C)c3cccc(C)n(C)ncc3)n2)cc1S(N)(=O)=O. The van der Waals surface area contributed by atoms with E-state index in [1.54, 1.807) is 42.2 Å². The number of primary sulfonamides is 1. The molecule has 0 aliphatic heterocycles. The van der Waals surface area contributed by atoms with Crippen molar-refractivity contribution < 1.29 is 8.42 Å². The highest BCUT2D eigenvalue weighted by molar-refractivity contribution is 7.89. The van der Waals surface area contributed by atoms with Crippen LogP contribution in [0.3, 0.4) is 0 Å². The number of nitrogens with one attached hydrogen (secondary N) is 1. The Kier molecular flexibility index (Phi) is 6.52. The van der Waals surface area contributed by atoms with E-state index in [-0.39, 0.29) is 4.90 Å². The van der Waals surface area contributed by atoms with E-state index in [2.05, 4.69) is 20.4 Å². The largest absolute Gasteiger partial charge is 0.329 e. The molecule has 0 atom stereocenters. The Balaban J connectivity index is 1.91. The third-order valence-corrected chi connectivity index (χ3v) is 5.78.